The summed E-state index contributed by atoms with van der Waals surface area (Å²) >= 11 is 0. The number of hydrogen-bond donors (Lipinski definition) is 0. The molecule has 0 aromatic heterocycles. The second-order valence-corrected chi connectivity index (χ2v) is 7.46. The third kappa shape index (κ3) is 4.31. The lowest BCUT2D eigenvalue weighted by Crippen LogP contribution is -2.38. The van der Waals surface area contributed by atoms with Gasteiger partial charge in [0.2, 0.25) is 0 Å². The molecule has 134 valence electrons. The molecule has 4 atom stereocenters. The van der Waals surface area contributed by atoms with E-state index in [1.165, 1.54) is 30.4 Å². The first-order chi connectivity index (χ1) is 12.2. The minimum atomic E-state index is 0.114. The van der Waals surface area contributed by atoms with Crippen LogP contribution < -0.4 is 0 Å². The van der Waals surface area contributed by atoms with Gasteiger partial charge in [0.05, 0.1) is 6.10 Å². The molecule has 2 nitrogen and oxygen atoms in total. The Hall–Kier alpha value is -1.64. The summed E-state index contributed by atoms with van der Waals surface area (Å²) in [5, 5.41) is 0. The van der Waals surface area contributed by atoms with Crippen LogP contribution in [0.15, 0.2) is 60.7 Å². The lowest BCUT2D eigenvalue weighted by molar-refractivity contribution is 0.0242. The summed E-state index contributed by atoms with van der Waals surface area (Å²) in [6.07, 6.45) is 4.12. The molecule has 2 aromatic carbocycles. The van der Waals surface area contributed by atoms with E-state index in [9.17, 15) is 0 Å². The Balaban J connectivity index is 1.67. The average molecular weight is 338 g/mol. The van der Waals surface area contributed by atoms with E-state index in [4.69, 9.17) is 4.74 Å². The minimum Gasteiger partial charge on any atom is -0.375 e. The molecular weight excluding hydrogens is 306 g/mol. The molecule has 0 spiro atoms. The maximum absolute atomic E-state index is 5.85. The van der Waals surface area contributed by atoms with Crippen LogP contribution in [0.2, 0.25) is 0 Å². The van der Waals surface area contributed by atoms with Gasteiger partial charge in [-0.1, -0.05) is 67.1 Å². The highest BCUT2D eigenvalue weighted by Gasteiger charge is 2.31. The summed E-state index contributed by atoms with van der Waals surface area (Å²) in [4.78, 5) is 2.49. The maximum Gasteiger partial charge on any atom is 0.0973 e. The molecule has 0 heterocycles. The molecule has 1 fully saturated rings. The number of likely N-dealkylation sites (N-methyl/N-ethyl adjacent to an activating group) is 1. The van der Waals surface area contributed by atoms with Crippen molar-refractivity contribution in [1.82, 2.24) is 4.90 Å². The predicted molar refractivity (Wildman–Crippen MR) is 105 cm³/mol. The Morgan fingerprint density at radius 1 is 1.00 bits per heavy atom. The van der Waals surface area contributed by atoms with Crippen LogP contribution >= 0.6 is 0 Å². The Morgan fingerprint density at radius 3 is 2.28 bits per heavy atom. The molecule has 2 aromatic rings. The van der Waals surface area contributed by atoms with Gasteiger partial charge in [-0.2, -0.15) is 0 Å². The summed E-state index contributed by atoms with van der Waals surface area (Å²) in [5.74, 6) is 1.44. The number of nitrogens with zero attached hydrogens (tertiary/aromatic N) is 1. The first-order valence-electron chi connectivity index (χ1n) is 9.53. The highest BCUT2D eigenvalue weighted by atomic mass is 16.5. The van der Waals surface area contributed by atoms with Crippen molar-refractivity contribution in [3.8, 4) is 0 Å². The van der Waals surface area contributed by atoms with Gasteiger partial charge in [0.15, 0.2) is 0 Å². The quantitative estimate of drug-likeness (QED) is 0.681. The van der Waals surface area contributed by atoms with E-state index in [0.717, 1.165) is 12.5 Å². The minimum absolute atomic E-state index is 0.114. The van der Waals surface area contributed by atoms with Crippen LogP contribution in [0.25, 0.3) is 0 Å². The molecule has 2 heteroatoms. The summed E-state index contributed by atoms with van der Waals surface area (Å²) in [7, 11) is 4.07. The molecule has 1 aliphatic carbocycles. The van der Waals surface area contributed by atoms with E-state index in [1.54, 1.807) is 0 Å². The van der Waals surface area contributed by atoms with Crippen molar-refractivity contribution in [3.63, 3.8) is 0 Å². The van der Waals surface area contributed by atoms with E-state index >= 15 is 0 Å². The van der Waals surface area contributed by atoms with Crippen molar-refractivity contribution in [2.75, 3.05) is 20.7 Å². The fraction of sp³-hybridized carbons (Fsp3) is 0.478. The second kappa shape index (κ2) is 8.64. The Bertz CT molecular complexity index is 627. The van der Waals surface area contributed by atoms with Crippen LogP contribution in [-0.2, 0) is 4.74 Å². The van der Waals surface area contributed by atoms with Crippen molar-refractivity contribution in [2.45, 2.75) is 44.2 Å². The number of benzene rings is 2. The molecule has 0 bridgehead atoms. The normalized spacial score (nSPS) is 22.9. The first-order valence-corrected chi connectivity index (χ1v) is 9.53. The van der Waals surface area contributed by atoms with Crippen LogP contribution in [-0.4, -0.2) is 31.6 Å². The van der Waals surface area contributed by atoms with Crippen LogP contribution in [0.1, 0.15) is 49.3 Å². The maximum atomic E-state index is 5.85. The number of methoxy groups -OCH3 is 1. The third-order valence-corrected chi connectivity index (χ3v) is 5.92. The van der Waals surface area contributed by atoms with Gasteiger partial charge in [-0.15, -0.1) is 0 Å². The molecule has 0 radical (unpaired) electrons. The zero-order chi connectivity index (χ0) is 17.6. The fourth-order valence-electron chi connectivity index (χ4n) is 4.42. The molecule has 1 saturated carbocycles. The lowest BCUT2D eigenvalue weighted by Gasteiger charge is -2.34. The van der Waals surface area contributed by atoms with Gasteiger partial charge in [0.1, 0.15) is 0 Å². The standard InChI is InChI=1S/C23H31NO/c1-18(23(25-3)20-13-8-5-9-14-20)24(2)17-21-15-10-16-22(21)19-11-6-4-7-12-19/h4-9,11-14,18,21-23H,10,15-17H2,1-3H3/t18-,21?,22?,23-/m0/s1. The molecule has 1 aliphatic rings. The fourth-order valence-corrected chi connectivity index (χ4v) is 4.42. The van der Waals surface area contributed by atoms with Gasteiger partial charge in [-0.25, -0.2) is 0 Å². The first kappa shape index (κ1) is 18.2. The predicted octanol–water partition coefficient (Wildman–Crippen LogP) is 5.28. The summed E-state index contributed by atoms with van der Waals surface area (Å²) < 4.78 is 5.85. The van der Waals surface area contributed by atoms with Gasteiger partial charge in [0.25, 0.3) is 0 Å². The van der Waals surface area contributed by atoms with Crippen molar-refractivity contribution in [1.29, 1.82) is 0 Å². The molecule has 0 N–H and O–H groups in total. The Morgan fingerprint density at radius 2 is 1.64 bits per heavy atom. The molecule has 0 aliphatic heterocycles. The highest BCUT2D eigenvalue weighted by Crippen LogP contribution is 2.40. The van der Waals surface area contributed by atoms with Crippen molar-refractivity contribution < 1.29 is 4.74 Å². The van der Waals surface area contributed by atoms with Crippen LogP contribution in [0.3, 0.4) is 0 Å². The van der Waals surface area contributed by atoms with Gasteiger partial charge >= 0.3 is 0 Å². The van der Waals surface area contributed by atoms with Crippen LogP contribution in [0.4, 0.5) is 0 Å². The van der Waals surface area contributed by atoms with Crippen LogP contribution in [0.5, 0.6) is 0 Å². The van der Waals surface area contributed by atoms with E-state index in [0.29, 0.717) is 12.0 Å². The number of hydrogen-bond acceptors (Lipinski definition) is 2. The molecular formula is C23H31NO. The highest BCUT2D eigenvalue weighted by molar-refractivity contribution is 5.22. The largest absolute Gasteiger partial charge is 0.375 e. The SMILES string of the molecule is CO[C@H](c1ccccc1)[C@H](C)N(C)CC1CCCC1c1ccccc1. The number of ether oxygens (including phenoxy) is 1. The van der Waals surface area contributed by atoms with E-state index in [2.05, 4.69) is 79.5 Å². The van der Waals surface area contributed by atoms with Gasteiger partial charge < -0.3 is 9.64 Å². The summed E-state index contributed by atoms with van der Waals surface area (Å²) in [6.45, 7) is 3.42. The zero-order valence-corrected chi connectivity index (χ0v) is 15.8. The Kier molecular flexibility index (Phi) is 6.28. The van der Waals surface area contributed by atoms with Gasteiger partial charge in [-0.3, -0.25) is 0 Å². The lowest BCUT2D eigenvalue weighted by atomic mass is 9.88. The monoisotopic (exact) mass is 337 g/mol. The van der Waals surface area contributed by atoms with Crippen molar-refractivity contribution in [3.05, 3.63) is 71.8 Å². The van der Waals surface area contributed by atoms with Crippen molar-refractivity contribution >= 4 is 0 Å². The number of rotatable bonds is 7. The summed E-state index contributed by atoms with van der Waals surface area (Å²) in [5.41, 5.74) is 2.77. The van der Waals surface area contributed by atoms with Crippen LogP contribution in [0, 0.1) is 5.92 Å². The average Bonchev–Trinajstić information content (AvgIpc) is 3.12. The van der Waals surface area contributed by atoms with E-state index in [-0.39, 0.29) is 6.10 Å². The van der Waals surface area contributed by atoms with Gasteiger partial charge in [0, 0.05) is 19.7 Å². The smallest absolute Gasteiger partial charge is 0.0973 e. The molecule has 0 saturated heterocycles. The van der Waals surface area contributed by atoms with E-state index < -0.39 is 0 Å². The molecule has 2 unspecified atom stereocenters. The second-order valence-electron chi connectivity index (χ2n) is 7.46. The zero-order valence-electron chi connectivity index (χ0n) is 15.8. The molecule has 0 amide bonds. The third-order valence-electron chi connectivity index (χ3n) is 5.92. The van der Waals surface area contributed by atoms with E-state index in [1.807, 2.05) is 7.11 Å². The van der Waals surface area contributed by atoms with Crippen molar-refractivity contribution in [2.24, 2.45) is 5.92 Å². The Labute approximate surface area is 152 Å². The summed E-state index contributed by atoms with van der Waals surface area (Å²) in [6, 6.07) is 22.0. The molecule has 25 heavy (non-hydrogen) atoms. The molecule has 3 rings (SSSR count). The van der Waals surface area contributed by atoms with Gasteiger partial charge in [-0.05, 0) is 49.8 Å². The topological polar surface area (TPSA) is 12.5 Å².